The molecule has 0 unspecified atom stereocenters. The molecule has 0 aliphatic heterocycles. The van der Waals surface area contributed by atoms with E-state index in [-0.39, 0.29) is 17.1 Å². The number of rotatable bonds is 5. The van der Waals surface area contributed by atoms with E-state index < -0.39 is 5.41 Å². The van der Waals surface area contributed by atoms with Gasteiger partial charge < -0.3 is 0 Å². The van der Waals surface area contributed by atoms with E-state index in [0.29, 0.717) is 20.9 Å². The van der Waals surface area contributed by atoms with Crippen LogP contribution in [0.1, 0.15) is 80.4 Å². The zero-order valence-electron chi connectivity index (χ0n) is 17.6. The van der Waals surface area contributed by atoms with Gasteiger partial charge in [0.2, 0.25) is 4.96 Å². The number of fused-ring (bicyclic) bond motifs is 1. The highest BCUT2D eigenvalue weighted by molar-refractivity contribution is 8.01. The van der Waals surface area contributed by atoms with Crippen LogP contribution in [0.2, 0.25) is 0 Å². The van der Waals surface area contributed by atoms with Crippen LogP contribution in [0.5, 0.6) is 0 Å². The summed E-state index contributed by atoms with van der Waals surface area (Å²) in [4.78, 5) is 25.7. The molecule has 0 N–H and O–H groups in total. The highest BCUT2D eigenvalue weighted by Gasteiger charge is 2.23. The fourth-order valence-electron chi connectivity index (χ4n) is 3.81. The molecule has 0 amide bonds. The molecule has 1 aliphatic rings. The summed E-state index contributed by atoms with van der Waals surface area (Å²) in [5.74, 6) is 0.970. The van der Waals surface area contributed by atoms with Crippen LogP contribution < -0.4 is 5.56 Å². The molecule has 3 aromatic rings. The first-order valence-electron chi connectivity index (χ1n) is 10.4. The number of hydrogen-bond donors (Lipinski definition) is 0. The first-order valence-corrected chi connectivity index (χ1v) is 12.2. The standard InChI is InChI=1S/C22H26N4O2S2/c1-22(2,3)18-19(28)26-20(24-23-18)30-21(25-26)29-13-17(27)16-11-9-15(10-12-16)14-7-5-4-6-8-14/h9-12,14H,4-8,13H2,1-3H3. The maximum absolute atomic E-state index is 12.6. The van der Waals surface area contributed by atoms with Crippen molar-refractivity contribution < 1.29 is 4.79 Å². The highest BCUT2D eigenvalue weighted by Crippen LogP contribution is 2.32. The number of benzene rings is 1. The molecular weight excluding hydrogens is 416 g/mol. The molecular formula is C22H26N4O2S2. The third-order valence-corrected chi connectivity index (χ3v) is 7.55. The van der Waals surface area contributed by atoms with E-state index in [4.69, 9.17) is 0 Å². The van der Waals surface area contributed by atoms with Crippen LogP contribution in [0.15, 0.2) is 33.4 Å². The summed E-state index contributed by atoms with van der Waals surface area (Å²) < 4.78 is 1.93. The second-order valence-electron chi connectivity index (χ2n) is 8.83. The van der Waals surface area contributed by atoms with Gasteiger partial charge in [-0.15, -0.1) is 15.3 Å². The summed E-state index contributed by atoms with van der Waals surface area (Å²) in [5.41, 5.74) is 1.80. The Morgan fingerprint density at radius 2 is 1.83 bits per heavy atom. The number of carbonyl (C=O) groups is 1. The Hall–Kier alpha value is -2.06. The third kappa shape index (κ3) is 4.49. The van der Waals surface area contributed by atoms with Gasteiger partial charge in [-0.2, -0.15) is 4.52 Å². The van der Waals surface area contributed by atoms with Gasteiger partial charge in [0, 0.05) is 11.0 Å². The molecule has 0 spiro atoms. The van der Waals surface area contributed by atoms with Crippen molar-refractivity contribution in [1.29, 1.82) is 0 Å². The lowest BCUT2D eigenvalue weighted by Gasteiger charge is -2.22. The number of aromatic nitrogens is 4. The molecule has 1 fully saturated rings. The number of thioether (sulfide) groups is 1. The first-order chi connectivity index (χ1) is 14.3. The van der Waals surface area contributed by atoms with Crippen LogP contribution >= 0.6 is 23.1 Å². The molecule has 0 radical (unpaired) electrons. The van der Waals surface area contributed by atoms with Gasteiger partial charge in [-0.3, -0.25) is 9.59 Å². The van der Waals surface area contributed by atoms with Crippen LogP contribution in [0, 0.1) is 0 Å². The Labute approximate surface area is 184 Å². The number of carbonyl (C=O) groups excluding carboxylic acids is 1. The highest BCUT2D eigenvalue weighted by atomic mass is 32.2. The van der Waals surface area contributed by atoms with Gasteiger partial charge in [0.25, 0.3) is 5.56 Å². The smallest absolute Gasteiger partial charge is 0.293 e. The molecule has 0 bridgehead atoms. The minimum absolute atomic E-state index is 0.0586. The Morgan fingerprint density at radius 3 is 2.50 bits per heavy atom. The minimum atomic E-state index is -0.401. The monoisotopic (exact) mass is 442 g/mol. The van der Waals surface area contributed by atoms with Crippen molar-refractivity contribution in [2.24, 2.45) is 0 Å². The molecule has 0 saturated heterocycles. The van der Waals surface area contributed by atoms with E-state index in [9.17, 15) is 9.59 Å². The molecule has 30 heavy (non-hydrogen) atoms. The van der Waals surface area contributed by atoms with Crippen LogP contribution in [0.3, 0.4) is 0 Å². The number of Topliss-reactive ketones (excluding diaryl/α,β-unsaturated/α-hetero) is 1. The van der Waals surface area contributed by atoms with E-state index in [0.717, 1.165) is 5.56 Å². The first kappa shape index (κ1) is 21.2. The lowest BCUT2D eigenvalue weighted by atomic mass is 9.84. The average molecular weight is 443 g/mol. The fourth-order valence-corrected chi connectivity index (χ4v) is 5.58. The van der Waals surface area contributed by atoms with Crippen molar-refractivity contribution in [3.63, 3.8) is 0 Å². The van der Waals surface area contributed by atoms with Crippen LogP contribution in [0.25, 0.3) is 4.96 Å². The summed E-state index contributed by atoms with van der Waals surface area (Å²) in [5, 5.41) is 12.6. The van der Waals surface area contributed by atoms with E-state index in [1.165, 1.54) is 65.3 Å². The number of ketones is 1. The topological polar surface area (TPSA) is 77.2 Å². The second-order valence-corrected chi connectivity index (χ2v) is 11.0. The lowest BCUT2D eigenvalue weighted by Crippen LogP contribution is -2.30. The normalized spacial score (nSPS) is 15.6. The molecule has 1 aliphatic carbocycles. The van der Waals surface area contributed by atoms with Gasteiger partial charge in [-0.1, -0.05) is 87.4 Å². The molecule has 0 atom stereocenters. The van der Waals surface area contributed by atoms with Crippen molar-refractivity contribution in [3.8, 4) is 0 Å². The molecule has 158 valence electrons. The fraction of sp³-hybridized carbons (Fsp3) is 0.500. The van der Waals surface area contributed by atoms with Crippen molar-refractivity contribution >= 4 is 33.8 Å². The quantitative estimate of drug-likeness (QED) is 0.415. The molecule has 1 saturated carbocycles. The van der Waals surface area contributed by atoms with Crippen LogP contribution in [-0.2, 0) is 5.41 Å². The summed E-state index contributed by atoms with van der Waals surface area (Å²) in [6, 6.07) is 8.09. The van der Waals surface area contributed by atoms with E-state index in [1.54, 1.807) is 0 Å². The van der Waals surface area contributed by atoms with Crippen molar-refractivity contribution in [1.82, 2.24) is 19.8 Å². The Morgan fingerprint density at radius 1 is 1.13 bits per heavy atom. The predicted octanol–water partition coefficient (Wildman–Crippen LogP) is 4.87. The largest absolute Gasteiger partial charge is 0.297 e. The maximum atomic E-state index is 12.6. The summed E-state index contributed by atoms with van der Waals surface area (Å²) >= 11 is 2.61. The van der Waals surface area contributed by atoms with E-state index in [2.05, 4.69) is 27.4 Å². The number of nitrogens with zero attached hydrogens (tertiary/aromatic N) is 4. The van der Waals surface area contributed by atoms with Crippen LogP contribution in [-0.4, -0.2) is 31.3 Å². The molecule has 2 heterocycles. The van der Waals surface area contributed by atoms with E-state index in [1.807, 2.05) is 32.9 Å². The van der Waals surface area contributed by atoms with Gasteiger partial charge in [-0.05, 0) is 24.3 Å². The SMILES string of the molecule is CC(C)(C)c1nnc2sc(SCC(=O)c3ccc(C4CCCCC4)cc3)nn2c1=O. The Bertz CT molecular complexity index is 1110. The van der Waals surface area contributed by atoms with Gasteiger partial charge in [-0.25, -0.2) is 0 Å². The summed E-state index contributed by atoms with van der Waals surface area (Å²) in [6.07, 6.45) is 6.44. The van der Waals surface area contributed by atoms with Gasteiger partial charge >= 0.3 is 0 Å². The lowest BCUT2D eigenvalue weighted by molar-refractivity contribution is 0.102. The minimum Gasteiger partial charge on any atom is -0.293 e. The third-order valence-electron chi connectivity index (χ3n) is 5.52. The zero-order valence-corrected chi connectivity index (χ0v) is 19.2. The molecule has 2 aromatic heterocycles. The van der Waals surface area contributed by atoms with Crippen molar-refractivity contribution in [2.45, 2.75) is 68.5 Å². The van der Waals surface area contributed by atoms with Crippen LogP contribution in [0.4, 0.5) is 0 Å². The van der Waals surface area contributed by atoms with E-state index >= 15 is 0 Å². The molecule has 4 rings (SSSR count). The molecule has 8 heteroatoms. The molecule has 1 aromatic carbocycles. The maximum Gasteiger partial charge on any atom is 0.297 e. The van der Waals surface area contributed by atoms with Gasteiger partial charge in [0.1, 0.15) is 5.69 Å². The van der Waals surface area contributed by atoms with Crippen molar-refractivity contribution in [2.75, 3.05) is 5.75 Å². The predicted molar refractivity (Wildman–Crippen MR) is 121 cm³/mol. The molecule has 6 nitrogen and oxygen atoms in total. The Balaban J connectivity index is 1.44. The Kier molecular flexibility index (Phi) is 6.06. The second kappa shape index (κ2) is 8.59. The average Bonchev–Trinajstić information content (AvgIpc) is 3.16. The summed E-state index contributed by atoms with van der Waals surface area (Å²) in [6.45, 7) is 5.77. The van der Waals surface area contributed by atoms with Crippen molar-refractivity contribution in [3.05, 3.63) is 51.4 Å². The van der Waals surface area contributed by atoms with Gasteiger partial charge in [0.15, 0.2) is 10.1 Å². The number of hydrogen-bond acceptors (Lipinski definition) is 7. The summed E-state index contributed by atoms with van der Waals surface area (Å²) in [7, 11) is 0. The zero-order chi connectivity index (χ0) is 21.3. The van der Waals surface area contributed by atoms with Gasteiger partial charge in [0.05, 0.1) is 5.75 Å².